The number of aromatic nitrogens is 1. The van der Waals surface area contributed by atoms with Crippen LogP contribution in [-0.2, 0) is 16.0 Å². The standard InChI is InChI=1S/C19H28N4O2/c1-20-19(21-8-4-9-24-13-15-7-10-25-14-15)22-12-17-11-16-5-2-3-6-18(16)23-17/h2-3,5-6,11,15,23H,4,7-10,12-14H2,1H3,(H2,20,21,22). The first-order valence-corrected chi connectivity index (χ1v) is 9.02. The second-order valence-corrected chi connectivity index (χ2v) is 6.39. The Kier molecular flexibility index (Phi) is 6.71. The van der Waals surface area contributed by atoms with Gasteiger partial charge in [-0.1, -0.05) is 18.2 Å². The third kappa shape index (κ3) is 5.47. The van der Waals surface area contributed by atoms with Gasteiger partial charge in [-0.2, -0.15) is 0 Å². The highest BCUT2D eigenvalue weighted by Gasteiger charge is 2.15. The van der Waals surface area contributed by atoms with Crippen LogP contribution in [0.15, 0.2) is 35.3 Å². The highest BCUT2D eigenvalue weighted by atomic mass is 16.5. The molecule has 2 heterocycles. The summed E-state index contributed by atoms with van der Waals surface area (Å²) in [5, 5.41) is 7.88. The summed E-state index contributed by atoms with van der Waals surface area (Å²) in [4.78, 5) is 7.67. The van der Waals surface area contributed by atoms with Crippen molar-refractivity contribution in [3.8, 4) is 0 Å². The van der Waals surface area contributed by atoms with Crippen molar-refractivity contribution >= 4 is 16.9 Å². The molecule has 136 valence electrons. The number of ether oxygens (including phenoxy) is 2. The number of rotatable bonds is 8. The fourth-order valence-corrected chi connectivity index (χ4v) is 2.97. The van der Waals surface area contributed by atoms with Gasteiger partial charge in [0.05, 0.1) is 19.8 Å². The number of hydrogen-bond donors (Lipinski definition) is 3. The summed E-state index contributed by atoms with van der Waals surface area (Å²) in [6, 6.07) is 10.5. The Morgan fingerprint density at radius 3 is 3.08 bits per heavy atom. The smallest absolute Gasteiger partial charge is 0.191 e. The van der Waals surface area contributed by atoms with Crippen molar-refractivity contribution < 1.29 is 9.47 Å². The highest BCUT2D eigenvalue weighted by molar-refractivity contribution is 5.81. The number of aromatic amines is 1. The molecule has 1 aliphatic rings. The molecule has 3 rings (SSSR count). The fraction of sp³-hybridized carbons (Fsp3) is 0.526. The van der Waals surface area contributed by atoms with E-state index in [1.165, 1.54) is 5.39 Å². The quantitative estimate of drug-likeness (QED) is 0.390. The second-order valence-electron chi connectivity index (χ2n) is 6.39. The monoisotopic (exact) mass is 344 g/mol. The van der Waals surface area contributed by atoms with Crippen LogP contribution in [0.5, 0.6) is 0 Å². The van der Waals surface area contributed by atoms with Crippen LogP contribution in [0.3, 0.4) is 0 Å². The van der Waals surface area contributed by atoms with Crippen LogP contribution in [0.1, 0.15) is 18.5 Å². The molecule has 1 aromatic heterocycles. The van der Waals surface area contributed by atoms with E-state index in [1.807, 2.05) is 6.07 Å². The summed E-state index contributed by atoms with van der Waals surface area (Å²) in [7, 11) is 1.79. The maximum absolute atomic E-state index is 5.71. The molecule has 0 aliphatic carbocycles. The lowest BCUT2D eigenvalue weighted by Crippen LogP contribution is -2.37. The topological polar surface area (TPSA) is 70.7 Å². The van der Waals surface area contributed by atoms with Crippen LogP contribution in [0, 0.1) is 5.92 Å². The van der Waals surface area contributed by atoms with Gasteiger partial charge in [0.15, 0.2) is 5.96 Å². The molecule has 1 fully saturated rings. The van der Waals surface area contributed by atoms with Gasteiger partial charge in [-0.3, -0.25) is 4.99 Å². The van der Waals surface area contributed by atoms with Gasteiger partial charge < -0.3 is 25.1 Å². The molecule has 0 spiro atoms. The zero-order valence-corrected chi connectivity index (χ0v) is 14.9. The second kappa shape index (κ2) is 9.44. The number of para-hydroxylation sites is 1. The summed E-state index contributed by atoms with van der Waals surface area (Å²) < 4.78 is 11.1. The van der Waals surface area contributed by atoms with E-state index < -0.39 is 0 Å². The summed E-state index contributed by atoms with van der Waals surface area (Å²) in [5.41, 5.74) is 2.30. The van der Waals surface area contributed by atoms with Gasteiger partial charge in [0.2, 0.25) is 0 Å². The minimum Gasteiger partial charge on any atom is -0.381 e. The molecule has 0 saturated carbocycles. The average molecular weight is 344 g/mol. The van der Waals surface area contributed by atoms with Crippen LogP contribution in [-0.4, -0.2) is 51.0 Å². The van der Waals surface area contributed by atoms with E-state index in [1.54, 1.807) is 7.05 Å². The van der Waals surface area contributed by atoms with Crippen LogP contribution in [0.4, 0.5) is 0 Å². The van der Waals surface area contributed by atoms with Gasteiger partial charge in [0.25, 0.3) is 0 Å². The van der Waals surface area contributed by atoms with Crippen molar-refractivity contribution in [2.45, 2.75) is 19.4 Å². The molecule has 0 bridgehead atoms. The van der Waals surface area contributed by atoms with E-state index in [-0.39, 0.29) is 0 Å². The Balaban J connectivity index is 1.31. The molecule has 0 radical (unpaired) electrons. The van der Waals surface area contributed by atoms with Gasteiger partial charge >= 0.3 is 0 Å². The maximum Gasteiger partial charge on any atom is 0.191 e. The molecule has 6 heteroatoms. The van der Waals surface area contributed by atoms with E-state index in [0.29, 0.717) is 12.5 Å². The van der Waals surface area contributed by atoms with E-state index in [9.17, 15) is 0 Å². The minimum absolute atomic E-state index is 0.582. The molecular weight excluding hydrogens is 316 g/mol. The van der Waals surface area contributed by atoms with Crippen LogP contribution < -0.4 is 10.6 Å². The molecule has 6 nitrogen and oxygen atoms in total. The van der Waals surface area contributed by atoms with Crippen molar-refractivity contribution in [2.75, 3.05) is 40.0 Å². The van der Waals surface area contributed by atoms with Crippen molar-refractivity contribution in [1.82, 2.24) is 15.6 Å². The lowest BCUT2D eigenvalue weighted by atomic mass is 10.1. The van der Waals surface area contributed by atoms with Gasteiger partial charge in [-0.05, 0) is 30.4 Å². The van der Waals surface area contributed by atoms with Crippen molar-refractivity contribution in [3.05, 3.63) is 36.0 Å². The molecule has 2 aromatic rings. The number of benzene rings is 1. The molecule has 25 heavy (non-hydrogen) atoms. The number of fused-ring (bicyclic) bond motifs is 1. The Morgan fingerprint density at radius 1 is 1.36 bits per heavy atom. The molecule has 1 aliphatic heterocycles. The third-order valence-corrected chi connectivity index (χ3v) is 4.39. The number of H-pyrrole nitrogens is 1. The van der Waals surface area contributed by atoms with Crippen LogP contribution in [0.2, 0.25) is 0 Å². The van der Waals surface area contributed by atoms with Crippen molar-refractivity contribution in [1.29, 1.82) is 0 Å². The van der Waals surface area contributed by atoms with Gasteiger partial charge in [0.1, 0.15) is 0 Å². The van der Waals surface area contributed by atoms with Gasteiger partial charge in [0, 0.05) is 43.9 Å². The first-order valence-electron chi connectivity index (χ1n) is 9.02. The first-order chi connectivity index (χ1) is 12.3. The lowest BCUT2D eigenvalue weighted by molar-refractivity contribution is 0.0888. The predicted octanol–water partition coefficient (Wildman–Crippen LogP) is 2.28. The largest absolute Gasteiger partial charge is 0.381 e. The number of guanidine groups is 1. The predicted molar refractivity (Wildman–Crippen MR) is 101 cm³/mol. The summed E-state index contributed by atoms with van der Waals surface area (Å²) in [5.74, 6) is 1.39. The summed E-state index contributed by atoms with van der Waals surface area (Å²) in [6.07, 6.45) is 2.09. The van der Waals surface area contributed by atoms with E-state index in [2.05, 4.69) is 44.9 Å². The first kappa shape index (κ1) is 17.8. The lowest BCUT2D eigenvalue weighted by Gasteiger charge is -2.12. The SMILES string of the molecule is CN=C(NCCCOCC1CCOC1)NCc1cc2ccccc2[nH]1. The zero-order chi connectivity index (χ0) is 17.3. The van der Waals surface area contributed by atoms with Gasteiger partial charge in [-0.15, -0.1) is 0 Å². The average Bonchev–Trinajstić information content (AvgIpc) is 3.29. The Morgan fingerprint density at radius 2 is 2.28 bits per heavy atom. The Bertz CT molecular complexity index is 644. The molecule has 1 unspecified atom stereocenters. The maximum atomic E-state index is 5.71. The molecule has 1 saturated heterocycles. The summed E-state index contributed by atoms with van der Waals surface area (Å²) in [6.45, 7) is 4.87. The minimum atomic E-state index is 0.582. The molecule has 1 aromatic carbocycles. The molecule has 1 atom stereocenters. The number of nitrogens with zero attached hydrogens (tertiary/aromatic N) is 1. The van der Waals surface area contributed by atoms with Crippen LogP contribution >= 0.6 is 0 Å². The number of hydrogen-bond acceptors (Lipinski definition) is 3. The Labute approximate surface area is 149 Å². The van der Waals surface area contributed by atoms with Crippen molar-refractivity contribution in [3.63, 3.8) is 0 Å². The zero-order valence-electron chi connectivity index (χ0n) is 14.9. The van der Waals surface area contributed by atoms with E-state index >= 15 is 0 Å². The normalized spacial score (nSPS) is 18.0. The highest BCUT2D eigenvalue weighted by Crippen LogP contribution is 2.14. The number of aliphatic imine (C=N–C) groups is 1. The third-order valence-electron chi connectivity index (χ3n) is 4.39. The van der Waals surface area contributed by atoms with Crippen molar-refractivity contribution in [2.24, 2.45) is 10.9 Å². The van der Waals surface area contributed by atoms with Gasteiger partial charge in [-0.25, -0.2) is 0 Å². The van der Waals surface area contributed by atoms with E-state index in [4.69, 9.17) is 9.47 Å². The number of nitrogens with one attached hydrogen (secondary N) is 3. The van der Waals surface area contributed by atoms with E-state index in [0.717, 1.165) is 63.0 Å². The molecule has 3 N–H and O–H groups in total. The molecular formula is C19H28N4O2. The van der Waals surface area contributed by atoms with Crippen LogP contribution in [0.25, 0.3) is 10.9 Å². The molecule has 0 amide bonds. The Hall–Kier alpha value is -2.05. The summed E-state index contributed by atoms with van der Waals surface area (Å²) >= 11 is 0. The fourth-order valence-electron chi connectivity index (χ4n) is 2.97.